The van der Waals surface area contributed by atoms with Gasteiger partial charge in [0.2, 0.25) is 0 Å². The number of aromatic nitrogens is 3. The van der Waals surface area contributed by atoms with E-state index < -0.39 is 8.07 Å². The van der Waals surface area contributed by atoms with E-state index in [9.17, 15) is 0 Å². The molecule has 3 saturated carbocycles. The molecule has 0 spiro atoms. The van der Waals surface area contributed by atoms with Crippen molar-refractivity contribution in [1.29, 1.82) is 0 Å². The molecule has 1 radical (unpaired) electrons. The van der Waals surface area contributed by atoms with E-state index >= 15 is 0 Å². The van der Waals surface area contributed by atoms with Crippen LogP contribution in [0.5, 0.6) is 0 Å². The Balaban J connectivity index is 0.000000187. The van der Waals surface area contributed by atoms with Crippen LogP contribution >= 0.6 is 0 Å². The summed E-state index contributed by atoms with van der Waals surface area (Å²) in [4.78, 5) is 13.9. The molecular formula is C42H47IrN3Si-2. The Kier molecular flexibility index (Phi) is 11.1. The summed E-state index contributed by atoms with van der Waals surface area (Å²) >= 11 is 0. The van der Waals surface area contributed by atoms with Gasteiger partial charge in [-0.15, -0.1) is 53.6 Å². The SMILES string of the molecule is CC(C)c1ccc(-c2cc(CC3CC4CC3C4)c([Si](C)(C)C)cn2)[c-]n1.Cc1ccc(-c2cc(-c3[c-]cccc3)ncc2C)cc1.[Ir]. The Bertz CT molecular complexity index is 1770. The summed E-state index contributed by atoms with van der Waals surface area (Å²) in [6.45, 7) is 15.9. The van der Waals surface area contributed by atoms with Crippen LogP contribution in [-0.4, -0.2) is 23.0 Å². The van der Waals surface area contributed by atoms with Crippen molar-refractivity contribution in [3.05, 3.63) is 120 Å². The van der Waals surface area contributed by atoms with Crippen molar-refractivity contribution in [3.63, 3.8) is 0 Å². The molecule has 1 unspecified atom stereocenters. The van der Waals surface area contributed by atoms with Gasteiger partial charge in [-0.1, -0.05) is 81.0 Å². The van der Waals surface area contributed by atoms with Crippen molar-refractivity contribution in [3.8, 4) is 33.6 Å². The molecule has 2 bridgehead atoms. The number of fused-ring (bicyclic) bond motifs is 1. The zero-order chi connectivity index (χ0) is 32.4. The molecule has 3 fully saturated rings. The van der Waals surface area contributed by atoms with Crippen molar-refractivity contribution >= 4 is 13.3 Å². The topological polar surface area (TPSA) is 38.7 Å². The van der Waals surface area contributed by atoms with Crippen LogP contribution in [0.1, 0.15) is 61.4 Å². The largest absolute Gasteiger partial charge is 0.356 e. The molecule has 47 heavy (non-hydrogen) atoms. The normalized spacial score (nSPS) is 18.2. The molecule has 0 N–H and O–H groups in total. The van der Waals surface area contributed by atoms with E-state index in [0.29, 0.717) is 5.92 Å². The molecule has 0 amide bonds. The molecule has 5 aromatic rings. The Morgan fingerprint density at radius 3 is 2.15 bits per heavy atom. The molecule has 2 aromatic carbocycles. The third kappa shape index (κ3) is 8.25. The fraction of sp³-hybridized carbons (Fsp3) is 0.357. The zero-order valence-corrected chi connectivity index (χ0v) is 32.3. The third-order valence-electron chi connectivity index (χ3n) is 9.90. The number of nitrogens with zero attached hydrogens (tertiary/aromatic N) is 3. The minimum Gasteiger partial charge on any atom is -0.356 e. The minimum absolute atomic E-state index is 0. The quantitative estimate of drug-likeness (QED) is 0.121. The van der Waals surface area contributed by atoms with Gasteiger partial charge in [0, 0.05) is 32.5 Å². The van der Waals surface area contributed by atoms with Crippen LogP contribution in [-0.2, 0) is 26.5 Å². The van der Waals surface area contributed by atoms with Gasteiger partial charge in [0.05, 0.1) is 8.07 Å². The number of aryl methyl sites for hydroxylation is 2. The van der Waals surface area contributed by atoms with Crippen LogP contribution in [0.25, 0.3) is 33.6 Å². The van der Waals surface area contributed by atoms with E-state index in [2.05, 4.69) is 124 Å². The van der Waals surface area contributed by atoms with Gasteiger partial charge in [0.15, 0.2) is 0 Å². The predicted molar refractivity (Wildman–Crippen MR) is 195 cm³/mol. The standard InChI is InChI=1S/C23H31N2Si.C19H16N.Ir/c1-15(2)21-7-6-17(13-24-21)22-12-20(23(14-25-22)26(3,4)5)11-19-10-16-8-18(19)9-16;1-14-8-10-16(11-9-14)18-12-19(20-13-15(18)2)17-6-4-3-5-7-17;/h6-7,12,14-16,18-19H,8-11H2,1-5H3;3-6,8-13H,1-2H3;/q2*-1;. The second-order valence-corrected chi connectivity index (χ2v) is 19.9. The maximum atomic E-state index is 4.82. The molecular weight excluding hydrogens is 767 g/mol. The first-order valence-corrected chi connectivity index (χ1v) is 20.4. The van der Waals surface area contributed by atoms with Gasteiger partial charge in [-0.2, -0.15) is 0 Å². The minimum atomic E-state index is -1.39. The molecule has 3 nitrogen and oxygen atoms in total. The molecule has 5 heteroatoms. The average molecular weight is 814 g/mol. The Morgan fingerprint density at radius 1 is 0.830 bits per heavy atom. The number of hydrogen-bond donors (Lipinski definition) is 0. The van der Waals surface area contributed by atoms with E-state index in [0.717, 1.165) is 46.0 Å². The Hall–Kier alpha value is -3.24. The fourth-order valence-electron chi connectivity index (χ4n) is 7.11. The molecule has 3 aliphatic carbocycles. The molecule has 0 aliphatic heterocycles. The summed E-state index contributed by atoms with van der Waals surface area (Å²) in [5, 5.41) is 1.54. The first kappa shape index (κ1) is 35.1. The van der Waals surface area contributed by atoms with Gasteiger partial charge in [-0.25, -0.2) is 0 Å². The van der Waals surface area contributed by atoms with Gasteiger partial charge in [0.25, 0.3) is 0 Å². The number of pyridine rings is 3. The van der Waals surface area contributed by atoms with Crippen molar-refractivity contribution in [2.45, 2.75) is 78.9 Å². The first-order valence-electron chi connectivity index (χ1n) is 16.9. The van der Waals surface area contributed by atoms with Gasteiger partial charge in [0.1, 0.15) is 0 Å². The summed E-state index contributed by atoms with van der Waals surface area (Å²) in [6.07, 6.45) is 13.0. The molecule has 8 rings (SSSR count). The van der Waals surface area contributed by atoms with Crippen LogP contribution in [0.2, 0.25) is 19.6 Å². The van der Waals surface area contributed by atoms with Gasteiger partial charge in [-0.3, -0.25) is 0 Å². The molecule has 3 aliphatic rings. The molecule has 3 aromatic heterocycles. The van der Waals surface area contributed by atoms with Crippen molar-refractivity contribution in [2.75, 3.05) is 0 Å². The summed E-state index contributed by atoms with van der Waals surface area (Å²) in [6, 6.07) is 28.5. The summed E-state index contributed by atoms with van der Waals surface area (Å²) < 4.78 is 0. The van der Waals surface area contributed by atoms with Crippen molar-refractivity contribution in [1.82, 2.24) is 15.0 Å². The summed E-state index contributed by atoms with van der Waals surface area (Å²) in [5.41, 5.74) is 11.6. The zero-order valence-electron chi connectivity index (χ0n) is 28.9. The molecule has 245 valence electrons. The predicted octanol–water partition coefficient (Wildman–Crippen LogP) is 10.0. The smallest absolute Gasteiger partial charge is 0.0798 e. The first-order chi connectivity index (χ1) is 22.0. The number of rotatable bonds is 7. The van der Waals surface area contributed by atoms with Crippen LogP contribution in [0.4, 0.5) is 0 Å². The van der Waals surface area contributed by atoms with E-state index in [-0.39, 0.29) is 20.1 Å². The summed E-state index contributed by atoms with van der Waals surface area (Å²) in [7, 11) is -1.39. The fourth-order valence-corrected chi connectivity index (χ4v) is 8.70. The van der Waals surface area contributed by atoms with E-state index in [4.69, 9.17) is 4.98 Å². The molecule has 0 saturated heterocycles. The average Bonchev–Trinajstić information content (AvgIpc) is 3.62. The third-order valence-corrected chi connectivity index (χ3v) is 12.0. The molecule has 3 heterocycles. The summed E-state index contributed by atoms with van der Waals surface area (Å²) in [5.74, 6) is 3.36. The van der Waals surface area contributed by atoms with E-state index in [1.54, 1.807) is 5.56 Å². The van der Waals surface area contributed by atoms with Crippen LogP contribution < -0.4 is 5.19 Å². The van der Waals surface area contributed by atoms with Gasteiger partial charge >= 0.3 is 0 Å². The maximum Gasteiger partial charge on any atom is 0.0798 e. The second kappa shape index (κ2) is 14.9. The molecule has 1 atom stereocenters. The Labute approximate surface area is 297 Å². The monoisotopic (exact) mass is 814 g/mol. The van der Waals surface area contributed by atoms with Crippen molar-refractivity contribution in [2.24, 2.45) is 17.8 Å². The second-order valence-electron chi connectivity index (χ2n) is 14.9. The van der Waals surface area contributed by atoms with Crippen LogP contribution in [0, 0.1) is 43.9 Å². The maximum absolute atomic E-state index is 4.82. The number of benzene rings is 2. The van der Waals surface area contributed by atoms with Gasteiger partial charge < -0.3 is 15.0 Å². The number of hydrogen-bond acceptors (Lipinski definition) is 3. The Morgan fingerprint density at radius 2 is 1.55 bits per heavy atom. The van der Waals surface area contributed by atoms with Crippen LogP contribution in [0.3, 0.4) is 0 Å². The van der Waals surface area contributed by atoms with Crippen molar-refractivity contribution < 1.29 is 20.1 Å². The van der Waals surface area contributed by atoms with Gasteiger partial charge in [-0.05, 0) is 108 Å². The van der Waals surface area contributed by atoms with Crippen LogP contribution in [0.15, 0.2) is 85.2 Å². The van der Waals surface area contributed by atoms with E-state index in [1.807, 2.05) is 30.5 Å². The van der Waals surface area contributed by atoms with E-state index in [1.165, 1.54) is 53.1 Å².